The van der Waals surface area contributed by atoms with Crippen molar-refractivity contribution < 1.29 is 14.7 Å². The van der Waals surface area contributed by atoms with Crippen LogP contribution in [0.25, 0.3) is 0 Å². The van der Waals surface area contributed by atoms with Crippen LogP contribution in [0.4, 0.5) is 9.93 Å². The van der Waals surface area contributed by atoms with Crippen molar-refractivity contribution in [2.45, 2.75) is 13.0 Å². The number of nitrogens with zero attached hydrogens (tertiary/aromatic N) is 2. The second-order valence-corrected chi connectivity index (χ2v) is 3.24. The summed E-state index contributed by atoms with van der Waals surface area (Å²) in [5.41, 5.74) is 1.45. The molecular formula is C6H8N4O3S. The average Bonchev–Trinajstić information content (AvgIpc) is 2.56. The molecule has 0 spiro atoms. The molecule has 8 heteroatoms. The Bertz CT molecular complexity index is 326. The molecule has 14 heavy (non-hydrogen) atoms. The average molecular weight is 216 g/mol. The third-order valence-electron chi connectivity index (χ3n) is 1.30. The third kappa shape index (κ3) is 2.98. The minimum atomic E-state index is -1.10. The molecule has 0 aromatic carbocycles. The van der Waals surface area contributed by atoms with Gasteiger partial charge in [0.1, 0.15) is 11.6 Å². The maximum Gasteiger partial charge on any atom is 0.325 e. The summed E-state index contributed by atoms with van der Waals surface area (Å²) in [6, 6.07) is -1.56. The molecule has 0 aliphatic heterocycles. The van der Waals surface area contributed by atoms with Crippen molar-refractivity contribution >= 4 is 28.5 Å². The molecule has 7 nitrogen and oxygen atoms in total. The number of aliphatic carboxylic acids is 1. The van der Waals surface area contributed by atoms with Crippen LogP contribution >= 0.6 is 11.3 Å². The van der Waals surface area contributed by atoms with Gasteiger partial charge in [-0.15, -0.1) is 10.2 Å². The van der Waals surface area contributed by atoms with E-state index in [1.54, 1.807) is 0 Å². The highest BCUT2D eigenvalue weighted by Crippen LogP contribution is 2.06. The lowest BCUT2D eigenvalue weighted by Crippen LogP contribution is -2.40. The van der Waals surface area contributed by atoms with Crippen molar-refractivity contribution in [3.8, 4) is 0 Å². The monoisotopic (exact) mass is 216 g/mol. The first-order valence-electron chi connectivity index (χ1n) is 3.66. The van der Waals surface area contributed by atoms with Crippen LogP contribution in [0.15, 0.2) is 5.51 Å². The van der Waals surface area contributed by atoms with Crippen LogP contribution in [0.1, 0.15) is 6.92 Å². The predicted octanol–water partition coefficient (Wildman–Crippen LogP) is 0.133. The normalized spacial score (nSPS) is 11.8. The molecule has 0 saturated heterocycles. The smallest absolute Gasteiger partial charge is 0.325 e. The Hall–Kier alpha value is -1.70. The molecule has 0 aliphatic carbocycles. The Morgan fingerprint density at radius 2 is 2.36 bits per heavy atom. The first-order valence-corrected chi connectivity index (χ1v) is 4.54. The number of carbonyl (C=O) groups excluding carboxylic acids is 1. The number of urea groups is 1. The lowest BCUT2D eigenvalue weighted by molar-refractivity contribution is -0.138. The number of carboxylic acid groups (broad SMARTS) is 1. The molecule has 0 radical (unpaired) electrons. The molecule has 2 amide bonds. The van der Waals surface area contributed by atoms with E-state index in [1.807, 2.05) is 0 Å². The van der Waals surface area contributed by atoms with Gasteiger partial charge < -0.3 is 10.4 Å². The maximum absolute atomic E-state index is 11.1. The molecule has 76 valence electrons. The molecule has 1 heterocycles. The van der Waals surface area contributed by atoms with Crippen molar-refractivity contribution in [3.63, 3.8) is 0 Å². The molecule has 0 bridgehead atoms. The van der Waals surface area contributed by atoms with Gasteiger partial charge in [-0.25, -0.2) is 4.79 Å². The quantitative estimate of drug-likeness (QED) is 0.666. The second kappa shape index (κ2) is 4.51. The summed E-state index contributed by atoms with van der Waals surface area (Å²) < 4.78 is 0. The number of aromatic nitrogens is 2. The van der Waals surface area contributed by atoms with Gasteiger partial charge in [-0.3, -0.25) is 10.1 Å². The molecule has 1 aromatic rings. The third-order valence-corrected chi connectivity index (χ3v) is 1.91. The van der Waals surface area contributed by atoms with Crippen molar-refractivity contribution in [1.82, 2.24) is 15.5 Å². The first kappa shape index (κ1) is 10.4. The fourth-order valence-electron chi connectivity index (χ4n) is 0.619. The zero-order valence-corrected chi connectivity index (χ0v) is 8.04. The van der Waals surface area contributed by atoms with Gasteiger partial charge in [-0.05, 0) is 6.92 Å². The van der Waals surface area contributed by atoms with Crippen molar-refractivity contribution in [3.05, 3.63) is 5.51 Å². The number of nitrogens with one attached hydrogen (secondary N) is 2. The number of carbonyl (C=O) groups is 2. The highest BCUT2D eigenvalue weighted by molar-refractivity contribution is 7.13. The van der Waals surface area contributed by atoms with Gasteiger partial charge in [0.25, 0.3) is 0 Å². The molecule has 1 rings (SSSR count). The van der Waals surface area contributed by atoms with Crippen LogP contribution in [0.3, 0.4) is 0 Å². The maximum atomic E-state index is 11.1. The Balaban J connectivity index is 2.40. The summed E-state index contributed by atoms with van der Waals surface area (Å²) in [7, 11) is 0. The zero-order chi connectivity index (χ0) is 10.6. The van der Waals surface area contributed by atoms with Gasteiger partial charge in [-0.2, -0.15) is 0 Å². The van der Waals surface area contributed by atoms with E-state index in [4.69, 9.17) is 5.11 Å². The van der Waals surface area contributed by atoms with Gasteiger partial charge >= 0.3 is 12.0 Å². The molecule has 0 fully saturated rings. The summed E-state index contributed by atoms with van der Waals surface area (Å²) in [5.74, 6) is -1.10. The van der Waals surface area contributed by atoms with Crippen molar-refractivity contribution in [2.24, 2.45) is 0 Å². The van der Waals surface area contributed by atoms with E-state index >= 15 is 0 Å². The van der Waals surface area contributed by atoms with Crippen LogP contribution in [0, 0.1) is 0 Å². The number of carboxylic acids is 1. The van der Waals surface area contributed by atoms with Crippen LogP contribution in [-0.4, -0.2) is 33.3 Å². The summed E-state index contributed by atoms with van der Waals surface area (Å²) in [4.78, 5) is 21.4. The summed E-state index contributed by atoms with van der Waals surface area (Å²) in [6.07, 6.45) is 0. The SMILES string of the molecule is C[C@@H](NC(=O)Nc1nncs1)C(=O)O. The van der Waals surface area contributed by atoms with Gasteiger partial charge in [0.05, 0.1) is 0 Å². The topological polar surface area (TPSA) is 104 Å². The van der Waals surface area contributed by atoms with E-state index in [9.17, 15) is 9.59 Å². The lowest BCUT2D eigenvalue weighted by atomic mass is 10.3. The fraction of sp³-hybridized carbons (Fsp3) is 0.333. The molecule has 0 saturated carbocycles. The minimum Gasteiger partial charge on any atom is -0.480 e. The van der Waals surface area contributed by atoms with E-state index in [0.29, 0.717) is 5.13 Å². The first-order chi connectivity index (χ1) is 6.59. The number of rotatable bonds is 3. The van der Waals surface area contributed by atoms with Gasteiger partial charge in [0, 0.05) is 0 Å². The molecule has 3 N–H and O–H groups in total. The van der Waals surface area contributed by atoms with Gasteiger partial charge in [-0.1, -0.05) is 11.3 Å². The van der Waals surface area contributed by atoms with Crippen LogP contribution in [0.2, 0.25) is 0 Å². The van der Waals surface area contributed by atoms with Crippen LogP contribution < -0.4 is 10.6 Å². The Labute approximate surface area is 83.2 Å². The number of hydrogen-bond donors (Lipinski definition) is 3. The van der Waals surface area contributed by atoms with E-state index < -0.39 is 18.0 Å². The highest BCUT2D eigenvalue weighted by atomic mass is 32.1. The zero-order valence-electron chi connectivity index (χ0n) is 7.22. The molecule has 1 atom stereocenters. The Kier molecular flexibility index (Phi) is 3.35. The van der Waals surface area contributed by atoms with Crippen molar-refractivity contribution in [1.29, 1.82) is 0 Å². The molecular weight excluding hydrogens is 208 g/mol. The molecule has 1 aromatic heterocycles. The van der Waals surface area contributed by atoms with E-state index in [1.165, 1.54) is 12.4 Å². The standard InChI is InChI=1S/C6H8N4O3S/c1-3(4(11)12)8-5(13)9-6-10-7-2-14-6/h2-3H,1H3,(H,11,12)(H2,8,9,10,13)/t3-/m1/s1. The molecule has 0 unspecified atom stereocenters. The predicted molar refractivity (Wildman–Crippen MR) is 49.2 cm³/mol. The Morgan fingerprint density at radius 3 is 2.86 bits per heavy atom. The Morgan fingerprint density at radius 1 is 1.64 bits per heavy atom. The van der Waals surface area contributed by atoms with E-state index in [2.05, 4.69) is 20.8 Å². The van der Waals surface area contributed by atoms with E-state index in [-0.39, 0.29) is 0 Å². The van der Waals surface area contributed by atoms with Crippen LogP contribution in [0.5, 0.6) is 0 Å². The largest absolute Gasteiger partial charge is 0.480 e. The minimum absolute atomic E-state index is 0.320. The number of anilines is 1. The summed E-state index contributed by atoms with van der Waals surface area (Å²) >= 11 is 1.15. The highest BCUT2D eigenvalue weighted by Gasteiger charge is 2.14. The van der Waals surface area contributed by atoms with E-state index in [0.717, 1.165) is 11.3 Å². The van der Waals surface area contributed by atoms with Gasteiger partial charge in [0.2, 0.25) is 5.13 Å². The lowest BCUT2D eigenvalue weighted by Gasteiger charge is -2.08. The number of hydrogen-bond acceptors (Lipinski definition) is 5. The fourth-order valence-corrected chi connectivity index (χ4v) is 1.06. The van der Waals surface area contributed by atoms with Crippen LogP contribution in [-0.2, 0) is 4.79 Å². The summed E-state index contributed by atoms with van der Waals surface area (Å²) in [6.45, 7) is 1.36. The van der Waals surface area contributed by atoms with Crippen molar-refractivity contribution in [2.75, 3.05) is 5.32 Å². The van der Waals surface area contributed by atoms with Gasteiger partial charge in [0.15, 0.2) is 0 Å². The number of amides is 2. The molecule has 0 aliphatic rings. The summed E-state index contributed by atoms with van der Waals surface area (Å²) in [5, 5.41) is 20.4. The second-order valence-electron chi connectivity index (χ2n) is 2.40.